The minimum atomic E-state index is -0.0631. The van der Waals surface area contributed by atoms with Crippen LogP contribution in [0, 0.1) is 0 Å². The van der Waals surface area contributed by atoms with Crippen molar-refractivity contribution in [1.29, 1.82) is 0 Å². The van der Waals surface area contributed by atoms with E-state index >= 15 is 0 Å². The quantitative estimate of drug-likeness (QED) is 0.876. The maximum Gasteiger partial charge on any atom is 0.235 e. The Morgan fingerprint density at radius 1 is 1.38 bits per heavy atom. The van der Waals surface area contributed by atoms with E-state index in [1.807, 2.05) is 36.5 Å². The molecule has 2 rings (SSSR count). The van der Waals surface area contributed by atoms with E-state index in [0.29, 0.717) is 5.33 Å². The predicted octanol–water partition coefficient (Wildman–Crippen LogP) is 2.21. The Labute approximate surface area is 101 Å². The number of carbonyl (C=O) groups excluding carboxylic acids is 1. The van der Waals surface area contributed by atoms with Crippen LogP contribution in [0.1, 0.15) is 0 Å². The molecular formula is C11H10BrN3O. The molecule has 82 valence electrons. The summed E-state index contributed by atoms with van der Waals surface area (Å²) in [6, 6.07) is 9.35. The van der Waals surface area contributed by atoms with Crippen LogP contribution in [0.2, 0.25) is 0 Å². The number of alkyl halides is 1. The number of aromatic nitrogens is 2. The molecule has 1 heterocycles. The summed E-state index contributed by atoms with van der Waals surface area (Å²) in [7, 11) is 0. The van der Waals surface area contributed by atoms with Gasteiger partial charge in [-0.1, -0.05) is 15.9 Å². The normalized spacial score (nSPS) is 10.1. The molecular weight excluding hydrogens is 270 g/mol. The van der Waals surface area contributed by atoms with Gasteiger partial charge in [-0.05, 0) is 30.3 Å². The third kappa shape index (κ3) is 2.49. The molecule has 0 saturated carbocycles. The van der Waals surface area contributed by atoms with Gasteiger partial charge in [-0.15, -0.1) is 0 Å². The van der Waals surface area contributed by atoms with E-state index in [1.54, 1.807) is 10.9 Å². The number of anilines is 1. The number of hydrogen-bond donors (Lipinski definition) is 1. The van der Waals surface area contributed by atoms with Gasteiger partial charge in [0.1, 0.15) is 0 Å². The van der Waals surface area contributed by atoms with Crippen LogP contribution in [0.25, 0.3) is 5.69 Å². The van der Waals surface area contributed by atoms with Gasteiger partial charge in [-0.2, -0.15) is 5.10 Å². The van der Waals surface area contributed by atoms with Crippen molar-refractivity contribution in [3.05, 3.63) is 42.7 Å². The lowest BCUT2D eigenvalue weighted by atomic mass is 10.3. The van der Waals surface area contributed by atoms with Crippen molar-refractivity contribution in [2.45, 2.75) is 0 Å². The molecule has 4 nitrogen and oxygen atoms in total. The summed E-state index contributed by atoms with van der Waals surface area (Å²) in [6.45, 7) is 0. The topological polar surface area (TPSA) is 46.9 Å². The van der Waals surface area contributed by atoms with Crippen LogP contribution in [-0.2, 0) is 4.79 Å². The van der Waals surface area contributed by atoms with Gasteiger partial charge in [0, 0.05) is 18.1 Å². The molecule has 2 aromatic rings. The largest absolute Gasteiger partial charge is 0.325 e. The Bertz CT molecular complexity index is 464. The summed E-state index contributed by atoms with van der Waals surface area (Å²) in [5.74, 6) is -0.0631. The molecule has 0 radical (unpaired) electrons. The number of nitrogens with zero attached hydrogens (tertiary/aromatic N) is 2. The van der Waals surface area contributed by atoms with Crippen molar-refractivity contribution < 1.29 is 4.79 Å². The highest BCUT2D eigenvalue weighted by molar-refractivity contribution is 9.09. The molecule has 0 aliphatic heterocycles. The van der Waals surface area contributed by atoms with E-state index in [0.717, 1.165) is 11.4 Å². The van der Waals surface area contributed by atoms with Crippen LogP contribution in [0.4, 0.5) is 5.69 Å². The molecule has 5 heteroatoms. The number of rotatable bonds is 3. The molecule has 0 bridgehead atoms. The molecule has 0 spiro atoms. The summed E-state index contributed by atoms with van der Waals surface area (Å²) in [4.78, 5) is 11.1. The number of nitrogens with one attached hydrogen (secondary N) is 1. The molecule has 0 unspecified atom stereocenters. The summed E-state index contributed by atoms with van der Waals surface area (Å²) in [5.41, 5.74) is 1.74. The van der Waals surface area contributed by atoms with Gasteiger partial charge in [0.2, 0.25) is 5.91 Å². The first-order valence-electron chi connectivity index (χ1n) is 4.75. The Morgan fingerprint density at radius 2 is 2.12 bits per heavy atom. The van der Waals surface area contributed by atoms with Crippen molar-refractivity contribution in [2.75, 3.05) is 10.6 Å². The van der Waals surface area contributed by atoms with Crippen LogP contribution < -0.4 is 5.32 Å². The highest BCUT2D eigenvalue weighted by Gasteiger charge is 2.00. The highest BCUT2D eigenvalue weighted by atomic mass is 79.9. The Balaban J connectivity index is 2.14. The Morgan fingerprint density at radius 3 is 2.69 bits per heavy atom. The first-order valence-corrected chi connectivity index (χ1v) is 5.87. The zero-order valence-electron chi connectivity index (χ0n) is 8.43. The second-order valence-corrected chi connectivity index (χ2v) is 3.74. The molecule has 1 aromatic heterocycles. The first kappa shape index (κ1) is 10.9. The molecule has 1 N–H and O–H groups in total. The lowest BCUT2D eigenvalue weighted by molar-refractivity contribution is -0.113. The third-order valence-electron chi connectivity index (χ3n) is 2.04. The molecule has 0 fully saturated rings. The number of halogens is 1. The first-order chi connectivity index (χ1) is 7.79. The fourth-order valence-electron chi connectivity index (χ4n) is 1.31. The second-order valence-electron chi connectivity index (χ2n) is 3.18. The average molecular weight is 280 g/mol. The number of carbonyl (C=O) groups is 1. The number of amides is 1. The zero-order valence-corrected chi connectivity index (χ0v) is 10.0. The summed E-state index contributed by atoms with van der Waals surface area (Å²) in [5, 5.41) is 7.16. The number of benzene rings is 1. The van der Waals surface area contributed by atoms with Crippen molar-refractivity contribution in [1.82, 2.24) is 9.78 Å². The van der Waals surface area contributed by atoms with E-state index < -0.39 is 0 Å². The van der Waals surface area contributed by atoms with Crippen LogP contribution in [0.3, 0.4) is 0 Å². The van der Waals surface area contributed by atoms with Gasteiger partial charge in [0.25, 0.3) is 0 Å². The molecule has 16 heavy (non-hydrogen) atoms. The van der Waals surface area contributed by atoms with E-state index in [4.69, 9.17) is 0 Å². The minimum absolute atomic E-state index is 0.0631. The van der Waals surface area contributed by atoms with Gasteiger partial charge >= 0.3 is 0 Å². The van der Waals surface area contributed by atoms with Crippen molar-refractivity contribution >= 4 is 27.5 Å². The van der Waals surface area contributed by atoms with Crippen LogP contribution in [0.15, 0.2) is 42.7 Å². The van der Waals surface area contributed by atoms with E-state index in [-0.39, 0.29) is 5.91 Å². The summed E-state index contributed by atoms with van der Waals surface area (Å²) >= 11 is 3.09. The van der Waals surface area contributed by atoms with E-state index in [9.17, 15) is 4.79 Å². The van der Waals surface area contributed by atoms with Gasteiger partial charge in [0.15, 0.2) is 0 Å². The summed E-state index contributed by atoms with van der Waals surface area (Å²) < 4.78 is 1.76. The average Bonchev–Trinajstić information content (AvgIpc) is 2.83. The molecule has 1 amide bonds. The molecule has 0 saturated heterocycles. The van der Waals surface area contributed by atoms with Crippen LogP contribution >= 0.6 is 15.9 Å². The van der Waals surface area contributed by atoms with Crippen molar-refractivity contribution in [2.24, 2.45) is 0 Å². The lowest BCUT2D eigenvalue weighted by Crippen LogP contribution is -2.12. The molecule has 0 aliphatic carbocycles. The fraction of sp³-hybridized carbons (Fsp3) is 0.0909. The van der Waals surface area contributed by atoms with Gasteiger partial charge in [-0.3, -0.25) is 4.79 Å². The van der Waals surface area contributed by atoms with E-state index in [2.05, 4.69) is 26.3 Å². The smallest absolute Gasteiger partial charge is 0.235 e. The Kier molecular flexibility index (Phi) is 3.36. The second kappa shape index (κ2) is 4.94. The van der Waals surface area contributed by atoms with Crippen LogP contribution in [0.5, 0.6) is 0 Å². The minimum Gasteiger partial charge on any atom is -0.325 e. The highest BCUT2D eigenvalue weighted by Crippen LogP contribution is 2.12. The fourth-order valence-corrected chi connectivity index (χ4v) is 1.45. The van der Waals surface area contributed by atoms with Gasteiger partial charge in [0.05, 0.1) is 11.0 Å². The van der Waals surface area contributed by atoms with Crippen LogP contribution in [-0.4, -0.2) is 21.0 Å². The zero-order chi connectivity index (χ0) is 11.4. The lowest BCUT2D eigenvalue weighted by Gasteiger charge is -2.05. The predicted molar refractivity (Wildman–Crippen MR) is 66.0 cm³/mol. The number of hydrogen-bond acceptors (Lipinski definition) is 2. The molecule has 0 aliphatic rings. The van der Waals surface area contributed by atoms with Crippen molar-refractivity contribution in [3.8, 4) is 5.69 Å². The Hall–Kier alpha value is -1.62. The van der Waals surface area contributed by atoms with E-state index in [1.165, 1.54) is 0 Å². The van der Waals surface area contributed by atoms with Crippen molar-refractivity contribution in [3.63, 3.8) is 0 Å². The molecule has 0 atom stereocenters. The maximum atomic E-state index is 11.1. The molecule has 1 aromatic carbocycles. The standard InChI is InChI=1S/C11H10BrN3O/c12-8-11(16)14-9-2-4-10(5-3-9)15-7-1-6-13-15/h1-7H,8H2,(H,14,16). The monoisotopic (exact) mass is 279 g/mol. The third-order valence-corrected chi connectivity index (χ3v) is 2.55. The summed E-state index contributed by atoms with van der Waals surface area (Å²) in [6.07, 6.45) is 3.59. The SMILES string of the molecule is O=C(CBr)Nc1ccc(-n2cccn2)cc1. The van der Waals surface area contributed by atoms with Gasteiger partial charge in [-0.25, -0.2) is 4.68 Å². The van der Waals surface area contributed by atoms with Gasteiger partial charge < -0.3 is 5.32 Å². The maximum absolute atomic E-state index is 11.1.